The molecule has 0 aliphatic heterocycles. The standard InChI is InChI=1S/C14H11N3OS/c15-13-11(8-18)19-14-12(13)10(6-7-16-14)17-9-4-2-1-3-5-9/h1-8H,15H2,(H,16,17). The van der Waals surface area contributed by atoms with E-state index >= 15 is 0 Å². The average molecular weight is 269 g/mol. The predicted octanol–water partition coefficient (Wildman–Crippen LogP) is 3.43. The molecule has 1 aromatic carbocycles. The van der Waals surface area contributed by atoms with Crippen LogP contribution in [0.4, 0.5) is 17.1 Å². The molecular formula is C14H11N3OS. The lowest BCUT2D eigenvalue weighted by molar-refractivity contribution is 0.112. The molecule has 2 aromatic heterocycles. The molecule has 19 heavy (non-hydrogen) atoms. The number of anilines is 3. The summed E-state index contributed by atoms with van der Waals surface area (Å²) in [5.41, 5.74) is 8.32. The summed E-state index contributed by atoms with van der Waals surface area (Å²) in [5, 5.41) is 4.10. The van der Waals surface area contributed by atoms with Crippen molar-refractivity contribution in [1.29, 1.82) is 0 Å². The average Bonchev–Trinajstić information content (AvgIpc) is 2.78. The molecule has 94 valence electrons. The first kappa shape index (κ1) is 11.7. The minimum atomic E-state index is 0.488. The Morgan fingerprint density at radius 3 is 2.74 bits per heavy atom. The van der Waals surface area contributed by atoms with Crippen LogP contribution in [-0.4, -0.2) is 11.3 Å². The lowest BCUT2D eigenvalue weighted by Gasteiger charge is -2.07. The lowest BCUT2D eigenvalue weighted by atomic mass is 10.2. The number of thiophene rings is 1. The van der Waals surface area contributed by atoms with Crippen molar-refractivity contribution in [1.82, 2.24) is 4.98 Å². The van der Waals surface area contributed by atoms with Crippen molar-refractivity contribution in [2.24, 2.45) is 0 Å². The van der Waals surface area contributed by atoms with E-state index in [4.69, 9.17) is 5.73 Å². The van der Waals surface area contributed by atoms with Gasteiger partial charge in [0.1, 0.15) is 4.83 Å². The Kier molecular flexibility index (Phi) is 2.89. The topological polar surface area (TPSA) is 68.0 Å². The molecule has 3 rings (SSSR count). The molecule has 3 N–H and O–H groups in total. The fourth-order valence-corrected chi connectivity index (χ4v) is 2.84. The number of fused-ring (bicyclic) bond motifs is 1. The molecule has 0 radical (unpaired) electrons. The molecule has 5 heteroatoms. The van der Waals surface area contributed by atoms with Crippen LogP contribution in [0.2, 0.25) is 0 Å². The van der Waals surface area contributed by atoms with E-state index in [0.717, 1.165) is 27.9 Å². The van der Waals surface area contributed by atoms with Gasteiger partial charge in [-0.3, -0.25) is 4.79 Å². The van der Waals surface area contributed by atoms with Crippen LogP contribution in [0.25, 0.3) is 10.2 Å². The maximum absolute atomic E-state index is 10.9. The Labute approximate surface area is 113 Å². The van der Waals surface area contributed by atoms with Crippen LogP contribution >= 0.6 is 11.3 Å². The second-order valence-electron chi connectivity index (χ2n) is 4.03. The normalized spacial score (nSPS) is 10.5. The lowest BCUT2D eigenvalue weighted by Crippen LogP contribution is -1.94. The van der Waals surface area contributed by atoms with Crippen molar-refractivity contribution in [3.8, 4) is 0 Å². The highest BCUT2D eigenvalue weighted by Gasteiger charge is 2.13. The van der Waals surface area contributed by atoms with Gasteiger partial charge in [0.25, 0.3) is 0 Å². The molecule has 4 nitrogen and oxygen atoms in total. The van der Waals surface area contributed by atoms with Gasteiger partial charge in [0.2, 0.25) is 0 Å². The number of pyridine rings is 1. The number of hydrogen-bond donors (Lipinski definition) is 2. The highest BCUT2D eigenvalue weighted by atomic mass is 32.1. The van der Waals surface area contributed by atoms with Crippen LogP contribution in [-0.2, 0) is 0 Å². The summed E-state index contributed by atoms with van der Waals surface area (Å²) >= 11 is 1.30. The fourth-order valence-electron chi connectivity index (χ4n) is 1.93. The third-order valence-electron chi connectivity index (χ3n) is 2.82. The summed E-state index contributed by atoms with van der Waals surface area (Å²) in [6, 6.07) is 11.7. The summed E-state index contributed by atoms with van der Waals surface area (Å²) in [6.07, 6.45) is 2.48. The van der Waals surface area contributed by atoms with Gasteiger partial charge in [0.05, 0.1) is 21.6 Å². The van der Waals surface area contributed by atoms with Crippen LogP contribution in [0.3, 0.4) is 0 Å². The van der Waals surface area contributed by atoms with Gasteiger partial charge in [0, 0.05) is 11.9 Å². The number of hydrogen-bond acceptors (Lipinski definition) is 5. The van der Waals surface area contributed by atoms with E-state index in [2.05, 4.69) is 10.3 Å². The van der Waals surface area contributed by atoms with Gasteiger partial charge in [-0.2, -0.15) is 0 Å². The highest BCUT2D eigenvalue weighted by Crippen LogP contribution is 2.37. The van der Waals surface area contributed by atoms with E-state index in [-0.39, 0.29) is 0 Å². The van der Waals surface area contributed by atoms with Gasteiger partial charge < -0.3 is 11.1 Å². The monoisotopic (exact) mass is 269 g/mol. The zero-order valence-corrected chi connectivity index (χ0v) is 10.8. The molecule has 0 spiro atoms. The van der Waals surface area contributed by atoms with Crippen molar-refractivity contribution in [3.63, 3.8) is 0 Å². The molecule has 0 unspecified atom stereocenters. The number of rotatable bonds is 3. The van der Waals surface area contributed by atoms with E-state index in [9.17, 15) is 4.79 Å². The summed E-state index contributed by atoms with van der Waals surface area (Å²) in [6.45, 7) is 0. The quantitative estimate of drug-likeness (QED) is 0.715. The number of nitrogens with zero attached hydrogens (tertiary/aromatic N) is 1. The number of benzene rings is 1. The van der Waals surface area contributed by atoms with Gasteiger partial charge in [-0.1, -0.05) is 18.2 Å². The number of aldehydes is 1. The number of nitrogen functional groups attached to an aromatic ring is 1. The Morgan fingerprint density at radius 2 is 2.00 bits per heavy atom. The van der Waals surface area contributed by atoms with E-state index in [1.165, 1.54) is 11.3 Å². The summed E-state index contributed by atoms with van der Waals surface area (Å²) in [4.78, 5) is 16.5. The van der Waals surface area contributed by atoms with Crippen molar-refractivity contribution < 1.29 is 4.79 Å². The third kappa shape index (κ3) is 2.04. The fraction of sp³-hybridized carbons (Fsp3) is 0. The highest BCUT2D eigenvalue weighted by molar-refractivity contribution is 7.21. The Balaban J connectivity index is 2.13. The van der Waals surface area contributed by atoms with Gasteiger partial charge in [0.15, 0.2) is 6.29 Å². The SMILES string of the molecule is Nc1c(C=O)sc2nccc(Nc3ccccc3)c12. The smallest absolute Gasteiger partial charge is 0.162 e. The van der Waals surface area contributed by atoms with Gasteiger partial charge in [-0.15, -0.1) is 11.3 Å². The molecule has 0 aliphatic carbocycles. The first-order valence-corrected chi connectivity index (χ1v) is 6.55. The Hall–Kier alpha value is -2.40. The molecule has 0 saturated heterocycles. The van der Waals surface area contributed by atoms with Crippen LogP contribution < -0.4 is 11.1 Å². The first-order chi connectivity index (χ1) is 9.29. The van der Waals surface area contributed by atoms with E-state index in [1.807, 2.05) is 36.4 Å². The zero-order valence-electron chi connectivity index (χ0n) is 9.96. The van der Waals surface area contributed by atoms with Crippen molar-refractivity contribution >= 4 is 44.9 Å². The van der Waals surface area contributed by atoms with Gasteiger partial charge in [-0.25, -0.2) is 4.98 Å². The number of carbonyl (C=O) groups is 1. The molecule has 0 fully saturated rings. The van der Waals surface area contributed by atoms with E-state index in [1.54, 1.807) is 6.20 Å². The van der Waals surface area contributed by atoms with E-state index in [0.29, 0.717) is 10.6 Å². The molecule has 0 amide bonds. The predicted molar refractivity (Wildman–Crippen MR) is 79.1 cm³/mol. The largest absolute Gasteiger partial charge is 0.397 e. The van der Waals surface area contributed by atoms with Crippen molar-refractivity contribution in [2.75, 3.05) is 11.1 Å². The molecular weight excluding hydrogens is 258 g/mol. The first-order valence-electron chi connectivity index (χ1n) is 5.74. The Morgan fingerprint density at radius 1 is 1.21 bits per heavy atom. The zero-order chi connectivity index (χ0) is 13.2. The number of para-hydroxylation sites is 1. The number of aromatic nitrogens is 1. The van der Waals surface area contributed by atoms with Crippen LogP contribution in [0.15, 0.2) is 42.6 Å². The number of carbonyl (C=O) groups excluding carboxylic acids is 1. The molecule has 0 bridgehead atoms. The van der Waals surface area contributed by atoms with Crippen molar-refractivity contribution in [2.45, 2.75) is 0 Å². The number of nitrogens with one attached hydrogen (secondary N) is 1. The van der Waals surface area contributed by atoms with E-state index < -0.39 is 0 Å². The minimum Gasteiger partial charge on any atom is -0.397 e. The molecule has 2 heterocycles. The summed E-state index contributed by atoms with van der Waals surface area (Å²) in [7, 11) is 0. The third-order valence-corrected chi connectivity index (χ3v) is 3.86. The summed E-state index contributed by atoms with van der Waals surface area (Å²) < 4.78 is 0. The molecule has 3 aromatic rings. The van der Waals surface area contributed by atoms with Gasteiger partial charge >= 0.3 is 0 Å². The minimum absolute atomic E-state index is 0.488. The number of nitrogens with two attached hydrogens (primary N) is 1. The maximum atomic E-state index is 10.9. The van der Waals surface area contributed by atoms with Crippen molar-refractivity contribution in [3.05, 3.63) is 47.5 Å². The van der Waals surface area contributed by atoms with Gasteiger partial charge in [-0.05, 0) is 18.2 Å². The summed E-state index contributed by atoms with van der Waals surface area (Å²) in [5.74, 6) is 0. The maximum Gasteiger partial charge on any atom is 0.162 e. The second-order valence-corrected chi connectivity index (χ2v) is 5.06. The molecule has 0 saturated carbocycles. The Bertz CT molecular complexity index is 737. The second kappa shape index (κ2) is 4.70. The molecule has 0 aliphatic rings. The van der Waals surface area contributed by atoms with Crippen LogP contribution in [0, 0.1) is 0 Å². The van der Waals surface area contributed by atoms with Crippen LogP contribution in [0.5, 0.6) is 0 Å². The molecule has 0 atom stereocenters. The van der Waals surface area contributed by atoms with Crippen LogP contribution in [0.1, 0.15) is 9.67 Å².